The predicted octanol–water partition coefficient (Wildman–Crippen LogP) is 1.93. The van der Waals surface area contributed by atoms with E-state index in [1.54, 1.807) is 0 Å². The zero-order valence-electron chi connectivity index (χ0n) is 11.2. The van der Waals surface area contributed by atoms with Crippen molar-refractivity contribution in [2.45, 2.75) is 52.6 Å². The number of hydrogen-bond acceptors (Lipinski definition) is 2. The summed E-state index contributed by atoms with van der Waals surface area (Å²) in [5, 5.41) is 4.62. The van der Waals surface area contributed by atoms with Crippen molar-refractivity contribution in [1.29, 1.82) is 0 Å². The summed E-state index contributed by atoms with van der Waals surface area (Å²) in [5.41, 5.74) is 2.34. The van der Waals surface area contributed by atoms with E-state index in [2.05, 4.69) is 31.9 Å². The van der Waals surface area contributed by atoms with Crippen molar-refractivity contribution >= 4 is 5.91 Å². The number of rotatable bonds is 1. The van der Waals surface area contributed by atoms with Crippen LogP contribution < -0.4 is 0 Å². The van der Waals surface area contributed by atoms with Crippen LogP contribution in [0.3, 0.4) is 0 Å². The molecule has 1 aliphatic rings. The molecule has 1 aromatic heterocycles. The first-order valence-corrected chi connectivity index (χ1v) is 6.27. The van der Waals surface area contributed by atoms with Gasteiger partial charge in [-0.1, -0.05) is 27.7 Å². The first-order valence-electron chi connectivity index (χ1n) is 6.27. The summed E-state index contributed by atoms with van der Waals surface area (Å²) in [7, 11) is 0. The second-order valence-corrected chi connectivity index (χ2v) is 5.66. The summed E-state index contributed by atoms with van der Waals surface area (Å²) in [6, 6.07) is 2.13. The fourth-order valence-electron chi connectivity index (χ4n) is 2.07. The van der Waals surface area contributed by atoms with Gasteiger partial charge in [0.25, 0.3) is 0 Å². The lowest BCUT2D eigenvalue weighted by Gasteiger charge is -2.27. The molecule has 2 heterocycles. The van der Waals surface area contributed by atoms with Gasteiger partial charge in [-0.25, -0.2) is 0 Å². The van der Waals surface area contributed by atoms with Gasteiger partial charge in [0.1, 0.15) is 0 Å². The Morgan fingerprint density at radius 1 is 1.41 bits per heavy atom. The minimum atomic E-state index is 0.0733. The molecule has 4 heteroatoms. The Bertz CT molecular complexity index is 428. The third-order valence-electron chi connectivity index (χ3n) is 3.22. The van der Waals surface area contributed by atoms with Gasteiger partial charge < -0.3 is 4.90 Å². The zero-order chi connectivity index (χ0) is 12.6. The molecule has 2 rings (SSSR count). The fourth-order valence-corrected chi connectivity index (χ4v) is 2.07. The second-order valence-electron chi connectivity index (χ2n) is 5.66. The highest BCUT2D eigenvalue weighted by Gasteiger charge is 2.24. The summed E-state index contributed by atoms with van der Waals surface area (Å²) >= 11 is 0. The molecule has 17 heavy (non-hydrogen) atoms. The van der Waals surface area contributed by atoms with Gasteiger partial charge >= 0.3 is 0 Å². The highest BCUT2D eigenvalue weighted by molar-refractivity contribution is 5.75. The molecule has 1 aromatic rings. The zero-order valence-corrected chi connectivity index (χ0v) is 11.2. The quantitative estimate of drug-likeness (QED) is 0.746. The molecular weight excluding hydrogens is 214 g/mol. The monoisotopic (exact) mass is 235 g/mol. The van der Waals surface area contributed by atoms with Crippen molar-refractivity contribution in [1.82, 2.24) is 14.7 Å². The molecule has 94 valence electrons. The Kier molecular flexibility index (Phi) is 2.98. The number of fused-ring (bicyclic) bond motifs is 1. The highest BCUT2D eigenvalue weighted by atomic mass is 16.2. The van der Waals surface area contributed by atoms with Crippen molar-refractivity contribution in [3.63, 3.8) is 0 Å². The minimum absolute atomic E-state index is 0.0733. The van der Waals surface area contributed by atoms with Gasteiger partial charge in [0.15, 0.2) is 0 Å². The molecule has 0 saturated carbocycles. The molecule has 0 bridgehead atoms. The summed E-state index contributed by atoms with van der Waals surface area (Å²) in [4.78, 5) is 13.6. The molecule has 0 fully saturated rings. The number of hydrogen-bond donors (Lipinski definition) is 0. The van der Waals surface area contributed by atoms with Gasteiger partial charge in [-0.2, -0.15) is 5.10 Å². The van der Waals surface area contributed by atoms with Crippen LogP contribution in [-0.4, -0.2) is 27.1 Å². The molecule has 0 unspecified atom stereocenters. The smallest absolute Gasteiger partial charge is 0.222 e. The lowest BCUT2D eigenvalue weighted by molar-refractivity contribution is -0.132. The summed E-state index contributed by atoms with van der Waals surface area (Å²) in [6.45, 7) is 10.7. The van der Waals surface area contributed by atoms with Crippen LogP contribution in [0.4, 0.5) is 0 Å². The van der Waals surface area contributed by atoms with Crippen LogP contribution in [0.5, 0.6) is 0 Å². The maximum Gasteiger partial charge on any atom is 0.222 e. The number of carbonyl (C=O) groups excluding carboxylic acids is 1. The number of carbonyl (C=O) groups is 1. The highest BCUT2D eigenvalue weighted by Crippen LogP contribution is 2.24. The third-order valence-corrected chi connectivity index (χ3v) is 3.22. The van der Waals surface area contributed by atoms with Crippen molar-refractivity contribution in [3.8, 4) is 0 Å². The molecule has 1 aliphatic heterocycles. The average Bonchev–Trinajstić information content (AvgIpc) is 2.70. The van der Waals surface area contributed by atoms with E-state index in [1.165, 1.54) is 0 Å². The fraction of sp³-hybridized carbons (Fsp3) is 0.692. The van der Waals surface area contributed by atoms with Crippen molar-refractivity contribution < 1.29 is 4.79 Å². The van der Waals surface area contributed by atoms with Crippen LogP contribution in [0.15, 0.2) is 6.07 Å². The summed E-state index contributed by atoms with van der Waals surface area (Å²) in [6.07, 6.45) is 0.584. The normalized spacial score (nSPS) is 15.9. The van der Waals surface area contributed by atoms with Crippen molar-refractivity contribution in [3.05, 3.63) is 17.5 Å². The molecule has 0 aliphatic carbocycles. The molecule has 0 spiro atoms. The Labute approximate surface area is 103 Å². The van der Waals surface area contributed by atoms with Crippen molar-refractivity contribution in [2.75, 3.05) is 6.54 Å². The van der Waals surface area contributed by atoms with E-state index in [1.807, 2.05) is 16.5 Å². The largest absolute Gasteiger partial charge is 0.335 e. The molecule has 0 aromatic carbocycles. The SMILES string of the molecule is CCC(=O)N1CCn2nc(C(C)(C)C)cc2C1. The topological polar surface area (TPSA) is 38.1 Å². The lowest BCUT2D eigenvalue weighted by Crippen LogP contribution is -2.37. The molecule has 4 nitrogen and oxygen atoms in total. The van der Waals surface area contributed by atoms with E-state index in [-0.39, 0.29) is 11.3 Å². The molecule has 0 atom stereocenters. The van der Waals surface area contributed by atoms with Crippen LogP contribution in [-0.2, 0) is 23.3 Å². The van der Waals surface area contributed by atoms with E-state index in [4.69, 9.17) is 0 Å². The van der Waals surface area contributed by atoms with E-state index >= 15 is 0 Å². The Balaban J connectivity index is 2.21. The summed E-state index contributed by atoms with van der Waals surface area (Å²) < 4.78 is 2.04. The predicted molar refractivity (Wildman–Crippen MR) is 66.6 cm³/mol. The van der Waals surface area contributed by atoms with Gasteiger partial charge in [-0.05, 0) is 6.07 Å². The van der Waals surface area contributed by atoms with E-state index in [9.17, 15) is 4.79 Å². The van der Waals surface area contributed by atoms with Gasteiger partial charge in [0.05, 0.1) is 24.5 Å². The molecule has 0 N–H and O–H groups in total. The Hall–Kier alpha value is -1.32. The van der Waals surface area contributed by atoms with Crippen LogP contribution >= 0.6 is 0 Å². The first kappa shape index (κ1) is 12.1. The van der Waals surface area contributed by atoms with Crippen LogP contribution in [0.2, 0.25) is 0 Å². The average molecular weight is 235 g/mol. The van der Waals surface area contributed by atoms with E-state index < -0.39 is 0 Å². The molecular formula is C13H21N3O. The van der Waals surface area contributed by atoms with E-state index in [0.717, 1.165) is 24.5 Å². The Morgan fingerprint density at radius 3 is 2.71 bits per heavy atom. The van der Waals surface area contributed by atoms with E-state index in [0.29, 0.717) is 13.0 Å². The minimum Gasteiger partial charge on any atom is -0.335 e. The number of nitrogens with zero attached hydrogens (tertiary/aromatic N) is 3. The molecule has 0 radical (unpaired) electrons. The van der Waals surface area contributed by atoms with Gasteiger partial charge in [-0.3, -0.25) is 9.48 Å². The molecule has 0 saturated heterocycles. The second kappa shape index (κ2) is 4.17. The van der Waals surface area contributed by atoms with Crippen LogP contribution in [0, 0.1) is 0 Å². The van der Waals surface area contributed by atoms with Gasteiger partial charge in [0.2, 0.25) is 5.91 Å². The standard InChI is InChI=1S/C13H21N3O/c1-5-12(17)15-6-7-16-10(9-15)8-11(14-16)13(2,3)4/h8H,5-7,9H2,1-4H3. The van der Waals surface area contributed by atoms with Crippen molar-refractivity contribution in [2.24, 2.45) is 0 Å². The maximum absolute atomic E-state index is 11.7. The van der Waals surface area contributed by atoms with Crippen LogP contribution in [0.25, 0.3) is 0 Å². The lowest BCUT2D eigenvalue weighted by atomic mass is 9.92. The van der Waals surface area contributed by atoms with Gasteiger partial charge in [-0.15, -0.1) is 0 Å². The third kappa shape index (κ3) is 2.35. The number of amides is 1. The van der Waals surface area contributed by atoms with Gasteiger partial charge in [0, 0.05) is 18.4 Å². The summed E-state index contributed by atoms with van der Waals surface area (Å²) in [5.74, 6) is 0.231. The maximum atomic E-state index is 11.7. The first-order chi connectivity index (χ1) is 7.91. The molecule has 1 amide bonds. The number of aromatic nitrogens is 2. The van der Waals surface area contributed by atoms with Crippen LogP contribution in [0.1, 0.15) is 45.5 Å². The Morgan fingerprint density at radius 2 is 2.12 bits per heavy atom.